The number of aryl methyl sites for hydroxylation is 1. The number of rotatable bonds is 10. The van der Waals surface area contributed by atoms with Crippen molar-refractivity contribution in [2.24, 2.45) is 0 Å². The van der Waals surface area contributed by atoms with Gasteiger partial charge >= 0.3 is 5.97 Å². The summed E-state index contributed by atoms with van der Waals surface area (Å²) in [7, 11) is -2.66. The number of hydrogen-bond donors (Lipinski definition) is 0. The summed E-state index contributed by atoms with van der Waals surface area (Å²) < 4.78 is 40.0. The van der Waals surface area contributed by atoms with E-state index < -0.39 is 16.0 Å². The SMILES string of the molecule is COC(=O)C1=C(C)N([C@H](C)c2ccccc2)C(=O)/C1=C/c1ccc(CN(Cc2ccc(Cl)cc2)S(=O)(=O)c2ccc(C)cc2)o1. The molecule has 0 aliphatic carbocycles. The average Bonchev–Trinajstić information content (AvgIpc) is 3.58. The molecule has 1 atom stereocenters. The minimum atomic E-state index is -3.92. The van der Waals surface area contributed by atoms with Gasteiger partial charge in [-0.2, -0.15) is 4.31 Å². The third kappa shape index (κ3) is 6.81. The lowest BCUT2D eigenvalue weighted by molar-refractivity contribution is -0.136. The van der Waals surface area contributed by atoms with E-state index in [1.54, 1.807) is 72.5 Å². The summed E-state index contributed by atoms with van der Waals surface area (Å²) >= 11 is 6.06. The van der Waals surface area contributed by atoms with Gasteiger partial charge < -0.3 is 14.1 Å². The van der Waals surface area contributed by atoms with E-state index in [0.717, 1.165) is 16.7 Å². The highest BCUT2D eigenvalue weighted by Gasteiger charge is 2.40. The Hall–Kier alpha value is -4.44. The molecule has 1 aliphatic rings. The number of halogens is 1. The first-order valence-corrected chi connectivity index (χ1v) is 16.1. The van der Waals surface area contributed by atoms with Gasteiger partial charge in [0.05, 0.1) is 35.7 Å². The molecule has 0 saturated carbocycles. The van der Waals surface area contributed by atoms with Crippen LogP contribution in [-0.2, 0) is 37.4 Å². The van der Waals surface area contributed by atoms with E-state index in [0.29, 0.717) is 16.5 Å². The first-order chi connectivity index (χ1) is 21.5. The Balaban J connectivity index is 1.47. The maximum Gasteiger partial charge on any atom is 0.340 e. The Bertz CT molecular complexity index is 1880. The maximum absolute atomic E-state index is 13.8. The number of carbonyl (C=O) groups excluding carboxylic acids is 2. The van der Waals surface area contributed by atoms with Crippen molar-refractivity contribution < 1.29 is 27.2 Å². The molecule has 0 N–H and O–H groups in total. The fourth-order valence-electron chi connectivity index (χ4n) is 5.30. The fourth-order valence-corrected chi connectivity index (χ4v) is 6.82. The quantitative estimate of drug-likeness (QED) is 0.135. The van der Waals surface area contributed by atoms with E-state index >= 15 is 0 Å². The van der Waals surface area contributed by atoms with E-state index in [1.165, 1.54) is 17.5 Å². The molecule has 4 aromatic rings. The van der Waals surface area contributed by atoms with E-state index in [4.69, 9.17) is 20.8 Å². The Morgan fingerprint density at radius 3 is 2.27 bits per heavy atom. The molecule has 5 rings (SSSR count). The molecule has 2 heterocycles. The van der Waals surface area contributed by atoms with Crippen molar-refractivity contribution in [3.63, 3.8) is 0 Å². The normalized spacial score (nSPS) is 15.3. The minimum Gasteiger partial charge on any atom is -0.465 e. The lowest BCUT2D eigenvalue weighted by atomic mass is 10.1. The van der Waals surface area contributed by atoms with Crippen LogP contribution in [0.5, 0.6) is 0 Å². The molecule has 0 saturated heterocycles. The van der Waals surface area contributed by atoms with Gasteiger partial charge in [-0.15, -0.1) is 0 Å². The van der Waals surface area contributed by atoms with Crippen LogP contribution < -0.4 is 0 Å². The van der Waals surface area contributed by atoms with Crippen LogP contribution in [0.3, 0.4) is 0 Å². The lowest BCUT2D eigenvalue weighted by Gasteiger charge is -2.26. The summed E-state index contributed by atoms with van der Waals surface area (Å²) in [6, 6.07) is 26.1. The summed E-state index contributed by atoms with van der Waals surface area (Å²) in [5.74, 6) is -0.365. The number of allylic oxidation sites excluding steroid dienone is 1. The van der Waals surface area contributed by atoms with Crippen LogP contribution in [0.25, 0.3) is 6.08 Å². The minimum absolute atomic E-state index is 0.0732. The van der Waals surface area contributed by atoms with Crippen LogP contribution >= 0.6 is 11.6 Å². The topological polar surface area (TPSA) is 97.1 Å². The Morgan fingerprint density at radius 1 is 0.956 bits per heavy atom. The van der Waals surface area contributed by atoms with Gasteiger partial charge in [-0.3, -0.25) is 4.79 Å². The zero-order valence-electron chi connectivity index (χ0n) is 25.4. The van der Waals surface area contributed by atoms with Gasteiger partial charge in [0, 0.05) is 17.3 Å². The second-order valence-electron chi connectivity index (χ2n) is 10.8. The van der Waals surface area contributed by atoms with Crippen molar-refractivity contribution in [2.75, 3.05) is 7.11 Å². The van der Waals surface area contributed by atoms with E-state index in [9.17, 15) is 18.0 Å². The number of amides is 1. The lowest BCUT2D eigenvalue weighted by Crippen LogP contribution is -2.30. The third-order valence-corrected chi connectivity index (χ3v) is 9.79. The molecule has 8 nitrogen and oxygen atoms in total. The van der Waals surface area contributed by atoms with Gasteiger partial charge in [-0.25, -0.2) is 13.2 Å². The highest BCUT2D eigenvalue weighted by Crippen LogP contribution is 2.38. The molecule has 45 heavy (non-hydrogen) atoms. The van der Waals surface area contributed by atoms with Crippen molar-refractivity contribution in [1.29, 1.82) is 0 Å². The molecule has 1 aromatic heterocycles. The Kier molecular flexibility index (Phi) is 9.43. The molecular weight excluding hydrogens is 612 g/mol. The first kappa shape index (κ1) is 32.0. The van der Waals surface area contributed by atoms with Crippen LogP contribution in [0.2, 0.25) is 5.02 Å². The molecule has 0 spiro atoms. The Labute approximate surface area is 268 Å². The molecule has 1 amide bonds. The van der Waals surface area contributed by atoms with E-state index in [2.05, 4.69) is 0 Å². The largest absolute Gasteiger partial charge is 0.465 e. The van der Waals surface area contributed by atoms with Crippen LogP contribution in [0, 0.1) is 6.92 Å². The van der Waals surface area contributed by atoms with Crippen molar-refractivity contribution in [1.82, 2.24) is 9.21 Å². The van der Waals surface area contributed by atoms with Gasteiger partial charge in [-0.1, -0.05) is 71.8 Å². The van der Waals surface area contributed by atoms with Crippen molar-refractivity contribution >= 4 is 39.6 Å². The molecule has 0 bridgehead atoms. The number of nitrogens with zero attached hydrogens (tertiary/aromatic N) is 2. The van der Waals surface area contributed by atoms with Gasteiger partial charge in [0.1, 0.15) is 11.5 Å². The third-order valence-electron chi connectivity index (χ3n) is 7.73. The Morgan fingerprint density at radius 2 is 1.62 bits per heavy atom. The number of benzene rings is 3. The molecule has 3 aromatic carbocycles. The molecule has 0 fully saturated rings. The highest BCUT2D eigenvalue weighted by atomic mass is 35.5. The van der Waals surface area contributed by atoms with E-state index in [-0.39, 0.29) is 46.8 Å². The molecule has 232 valence electrons. The zero-order valence-corrected chi connectivity index (χ0v) is 26.9. The highest BCUT2D eigenvalue weighted by molar-refractivity contribution is 7.89. The number of hydrogen-bond acceptors (Lipinski definition) is 6. The van der Waals surface area contributed by atoms with Gasteiger partial charge in [-0.05, 0) is 74.4 Å². The van der Waals surface area contributed by atoms with Gasteiger partial charge in [0.15, 0.2) is 0 Å². The van der Waals surface area contributed by atoms with Crippen LogP contribution in [0.4, 0.5) is 0 Å². The summed E-state index contributed by atoms with van der Waals surface area (Å²) in [5, 5.41) is 0.546. The first-order valence-electron chi connectivity index (χ1n) is 14.3. The summed E-state index contributed by atoms with van der Waals surface area (Å²) in [5.41, 5.74) is 3.35. The maximum atomic E-state index is 13.8. The zero-order chi connectivity index (χ0) is 32.3. The number of sulfonamides is 1. The number of methoxy groups -OCH3 is 1. The summed E-state index contributed by atoms with van der Waals surface area (Å²) in [4.78, 5) is 28.4. The number of esters is 1. The summed E-state index contributed by atoms with van der Waals surface area (Å²) in [6.07, 6.45) is 1.50. The fraction of sp³-hybridized carbons (Fsp3) is 0.200. The average molecular weight is 645 g/mol. The van der Waals surface area contributed by atoms with Gasteiger partial charge in [0.2, 0.25) is 10.0 Å². The standard InChI is InChI=1S/C35H33ClN2O6S/c1-23-10-18-31(19-11-23)45(41,42)37(21-26-12-14-28(36)15-13-26)22-30-17-16-29(44-30)20-32-33(35(40)43-4)25(3)38(34(32)39)24(2)27-8-6-5-7-9-27/h5-20,24H,21-22H2,1-4H3/b32-20+/t24-/m1/s1. The summed E-state index contributed by atoms with van der Waals surface area (Å²) in [6.45, 7) is 5.49. The van der Waals surface area contributed by atoms with E-state index in [1.807, 2.05) is 44.2 Å². The number of carbonyl (C=O) groups is 2. The second-order valence-corrected chi connectivity index (χ2v) is 13.2. The number of furan rings is 1. The molecule has 0 unspecified atom stereocenters. The van der Waals surface area contributed by atoms with Crippen molar-refractivity contribution in [3.05, 3.63) is 141 Å². The molecular formula is C35H33ClN2O6S. The van der Waals surface area contributed by atoms with Gasteiger partial charge in [0.25, 0.3) is 5.91 Å². The molecule has 1 aliphatic heterocycles. The monoisotopic (exact) mass is 644 g/mol. The second kappa shape index (κ2) is 13.3. The van der Waals surface area contributed by atoms with Crippen LogP contribution in [0.1, 0.15) is 48.1 Å². The van der Waals surface area contributed by atoms with Crippen LogP contribution in [-0.4, -0.2) is 36.6 Å². The van der Waals surface area contributed by atoms with Crippen molar-refractivity contribution in [3.8, 4) is 0 Å². The smallest absolute Gasteiger partial charge is 0.340 e. The predicted octanol–water partition coefficient (Wildman–Crippen LogP) is 7.07. The number of ether oxygens (including phenoxy) is 1. The molecule has 10 heteroatoms. The molecule has 0 radical (unpaired) electrons. The van der Waals surface area contributed by atoms with Crippen molar-refractivity contribution in [2.45, 2.75) is 44.8 Å². The predicted molar refractivity (Wildman–Crippen MR) is 172 cm³/mol. The van der Waals surface area contributed by atoms with Crippen LogP contribution in [0.15, 0.2) is 117 Å².